The number of methoxy groups -OCH3 is 3. The second-order valence-corrected chi connectivity index (χ2v) is 9.30. The Kier molecular flexibility index (Phi) is 10.4. The topological polar surface area (TPSA) is 161 Å². The molecule has 0 saturated carbocycles. The van der Waals surface area contributed by atoms with Gasteiger partial charge in [-0.1, -0.05) is 12.1 Å². The van der Waals surface area contributed by atoms with Gasteiger partial charge in [0.2, 0.25) is 28.9 Å². The molecular weight excluding hydrogens is 531 g/mol. The average molecular weight is 563 g/mol. The highest BCUT2D eigenvalue weighted by Gasteiger charge is 2.18. The number of nitrogens with one attached hydrogen (secondary N) is 2. The first-order valence-electron chi connectivity index (χ1n) is 11.8. The third-order valence-corrected chi connectivity index (χ3v) is 6.47. The molecule has 3 aromatic rings. The van der Waals surface area contributed by atoms with Gasteiger partial charge in [-0.05, 0) is 30.5 Å². The molecule has 0 spiro atoms. The smallest absolute Gasteiger partial charge is 0.234 e. The van der Waals surface area contributed by atoms with Crippen molar-refractivity contribution in [3.05, 3.63) is 53.5 Å². The van der Waals surface area contributed by atoms with E-state index >= 15 is 0 Å². The molecule has 14 heteroatoms. The first-order chi connectivity index (χ1) is 18.7. The van der Waals surface area contributed by atoms with Gasteiger partial charge in [0, 0.05) is 43.0 Å². The molecule has 0 aliphatic rings. The Morgan fingerprint density at radius 3 is 2.44 bits per heavy atom. The predicted molar refractivity (Wildman–Crippen MR) is 145 cm³/mol. The van der Waals surface area contributed by atoms with Gasteiger partial charge in [-0.2, -0.15) is 9.29 Å². The standard InChI is InChI=1S/C25H31FN6O6S/c1-15-7-5-8-19(17(15)14-32(39(34)35)10-6-9-22(27)33)30-24-18(26)13-28-25(31-24)29-16-11-20(36-2)23(38-4)21(12-16)37-3/h5,7-8,11-13H,6,9-10,14H2,1-4H3,(H2,27,33)(H,34,35)(H2,28,29,30,31). The third-order valence-electron chi connectivity index (χ3n) is 5.71. The second-order valence-electron chi connectivity index (χ2n) is 8.32. The van der Waals surface area contributed by atoms with E-state index in [-0.39, 0.29) is 31.3 Å². The van der Waals surface area contributed by atoms with Crippen molar-refractivity contribution in [1.82, 2.24) is 14.3 Å². The summed E-state index contributed by atoms with van der Waals surface area (Å²) in [5.41, 5.74) is 7.63. The van der Waals surface area contributed by atoms with Crippen molar-refractivity contribution in [3.8, 4) is 17.2 Å². The third kappa shape index (κ3) is 7.75. The van der Waals surface area contributed by atoms with Crippen LogP contribution in [0.4, 0.5) is 27.5 Å². The number of carbonyl (C=O) groups excluding carboxylic acids is 1. The molecule has 1 unspecified atom stereocenters. The summed E-state index contributed by atoms with van der Waals surface area (Å²) >= 11 is -2.31. The van der Waals surface area contributed by atoms with E-state index in [2.05, 4.69) is 20.6 Å². The number of carbonyl (C=O) groups is 1. The zero-order valence-corrected chi connectivity index (χ0v) is 22.8. The molecule has 39 heavy (non-hydrogen) atoms. The van der Waals surface area contributed by atoms with E-state index in [1.807, 2.05) is 13.0 Å². The number of amides is 1. The van der Waals surface area contributed by atoms with Crippen molar-refractivity contribution in [3.63, 3.8) is 0 Å². The molecule has 1 heterocycles. The number of aromatic nitrogens is 2. The number of primary amides is 1. The van der Waals surface area contributed by atoms with E-state index < -0.39 is 23.0 Å². The fourth-order valence-corrected chi connectivity index (χ4v) is 4.30. The van der Waals surface area contributed by atoms with Crippen molar-refractivity contribution >= 4 is 40.3 Å². The van der Waals surface area contributed by atoms with Gasteiger partial charge in [0.15, 0.2) is 23.1 Å². The molecule has 0 fully saturated rings. The quantitative estimate of drug-likeness (QED) is 0.214. The number of aryl methyl sites for hydroxylation is 1. The van der Waals surface area contributed by atoms with Crippen LogP contribution in [0, 0.1) is 12.7 Å². The number of benzene rings is 2. The van der Waals surface area contributed by atoms with Crippen LogP contribution in [-0.4, -0.2) is 56.8 Å². The highest BCUT2D eigenvalue weighted by Crippen LogP contribution is 2.40. The second kappa shape index (κ2) is 13.7. The van der Waals surface area contributed by atoms with E-state index in [1.165, 1.54) is 25.6 Å². The Labute approximate surface area is 228 Å². The van der Waals surface area contributed by atoms with Gasteiger partial charge in [0.1, 0.15) is 0 Å². The maximum Gasteiger partial charge on any atom is 0.234 e. The minimum Gasteiger partial charge on any atom is -0.493 e. The minimum absolute atomic E-state index is 0.0557. The van der Waals surface area contributed by atoms with Gasteiger partial charge in [0.05, 0.1) is 27.5 Å². The number of nitrogens with zero attached hydrogens (tertiary/aromatic N) is 3. The summed E-state index contributed by atoms with van der Waals surface area (Å²) in [6.07, 6.45) is 1.41. The number of rotatable bonds is 14. The van der Waals surface area contributed by atoms with Crippen LogP contribution < -0.4 is 30.6 Å². The summed E-state index contributed by atoms with van der Waals surface area (Å²) in [7, 11) is 4.47. The van der Waals surface area contributed by atoms with Crippen molar-refractivity contribution in [2.24, 2.45) is 5.73 Å². The molecule has 0 aliphatic heterocycles. The number of hydrogen-bond donors (Lipinski definition) is 4. The number of halogens is 1. The molecule has 1 atom stereocenters. The number of anilines is 4. The van der Waals surface area contributed by atoms with Crippen LogP contribution in [0.5, 0.6) is 17.2 Å². The lowest BCUT2D eigenvalue weighted by atomic mass is 10.1. The van der Waals surface area contributed by atoms with Gasteiger partial charge in [0.25, 0.3) is 0 Å². The fourth-order valence-electron chi connectivity index (χ4n) is 3.77. The SMILES string of the molecule is COc1cc(Nc2ncc(F)c(Nc3cccc(C)c3CN(CCCC(N)=O)S(=O)O)n2)cc(OC)c1OC. The Morgan fingerprint density at radius 1 is 1.15 bits per heavy atom. The van der Waals surface area contributed by atoms with Crippen molar-refractivity contribution < 1.29 is 32.2 Å². The molecule has 0 saturated heterocycles. The van der Waals surface area contributed by atoms with Gasteiger partial charge < -0.3 is 30.6 Å². The molecular formula is C25H31FN6O6S. The first kappa shape index (κ1) is 29.5. The summed E-state index contributed by atoms with van der Waals surface area (Å²) in [5, 5.41) is 5.97. The molecule has 0 aliphatic carbocycles. The molecule has 5 N–H and O–H groups in total. The highest BCUT2D eigenvalue weighted by molar-refractivity contribution is 7.76. The van der Waals surface area contributed by atoms with Gasteiger partial charge >= 0.3 is 0 Å². The fraction of sp³-hybridized carbons (Fsp3) is 0.320. The minimum atomic E-state index is -2.31. The van der Waals surface area contributed by atoms with E-state index in [0.29, 0.717) is 40.6 Å². The molecule has 1 amide bonds. The van der Waals surface area contributed by atoms with Gasteiger partial charge in [-0.15, -0.1) is 0 Å². The van der Waals surface area contributed by atoms with Crippen LogP contribution in [0.3, 0.4) is 0 Å². The zero-order chi connectivity index (χ0) is 28.5. The van der Waals surface area contributed by atoms with Gasteiger partial charge in [-0.3, -0.25) is 9.35 Å². The van der Waals surface area contributed by atoms with Crippen LogP contribution in [0.25, 0.3) is 0 Å². The average Bonchev–Trinajstić information content (AvgIpc) is 2.90. The van der Waals surface area contributed by atoms with Crippen LogP contribution in [-0.2, 0) is 22.6 Å². The Morgan fingerprint density at radius 2 is 1.85 bits per heavy atom. The Bertz CT molecular complexity index is 1320. The summed E-state index contributed by atoms with van der Waals surface area (Å²) in [4.78, 5) is 19.4. The molecule has 0 bridgehead atoms. The van der Waals surface area contributed by atoms with E-state index in [4.69, 9.17) is 19.9 Å². The van der Waals surface area contributed by atoms with Crippen LogP contribution in [0.1, 0.15) is 24.0 Å². The maximum atomic E-state index is 14.8. The maximum absolute atomic E-state index is 14.8. The van der Waals surface area contributed by atoms with Crippen LogP contribution in [0.15, 0.2) is 36.5 Å². The Hall–Kier alpha value is -4.01. The van der Waals surface area contributed by atoms with Crippen LogP contribution >= 0.6 is 0 Å². The van der Waals surface area contributed by atoms with Crippen molar-refractivity contribution in [1.29, 1.82) is 0 Å². The highest BCUT2D eigenvalue weighted by atomic mass is 32.2. The van der Waals surface area contributed by atoms with Crippen molar-refractivity contribution in [2.45, 2.75) is 26.3 Å². The zero-order valence-electron chi connectivity index (χ0n) is 22.0. The monoisotopic (exact) mass is 562 g/mol. The first-order valence-corrected chi connectivity index (χ1v) is 12.8. The molecule has 3 rings (SSSR count). The molecule has 2 aromatic carbocycles. The van der Waals surface area contributed by atoms with E-state index in [9.17, 15) is 17.9 Å². The molecule has 12 nitrogen and oxygen atoms in total. The Balaban J connectivity index is 1.88. The summed E-state index contributed by atoms with van der Waals surface area (Å²) in [6, 6.07) is 8.61. The van der Waals surface area contributed by atoms with Crippen LogP contribution in [0.2, 0.25) is 0 Å². The van der Waals surface area contributed by atoms with Crippen molar-refractivity contribution in [2.75, 3.05) is 38.5 Å². The van der Waals surface area contributed by atoms with Gasteiger partial charge in [-0.25, -0.2) is 13.6 Å². The lowest BCUT2D eigenvalue weighted by Crippen LogP contribution is -2.28. The van der Waals surface area contributed by atoms with E-state index in [0.717, 1.165) is 11.8 Å². The summed E-state index contributed by atoms with van der Waals surface area (Å²) in [5.74, 6) is 0.00210. The summed E-state index contributed by atoms with van der Waals surface area (Å²) in [6.45, 7) is 2.04. The number of ether oxygens (including phenoxy) is 3. The molecule has 1 aromatic heterocycles. The molecule has 0 radical (unpaired) electrons. The normalized spacial score (nSPS) is 11.7. The predicted octanol–water partition coefficient (Wildman–Crippen LogP) is 3.64. The lowest BCUT2D eigenvalue weighted by Gasteiger charge is -2.21. The summed E-state index contributed by atoms with van der Waals surface area (Å²) < 4.78 is 53.9. The van der Waals surface area contributed by atoms with E-state index in [1.54, 1.807) is 24.3 Å². The number of nitrogens with two attached hydrogens (primary N) is 1. The lowest BCUT2D eigenvalue weighted by molar-refractivity contribution is -0.118. The number of hydrogen-bond acceptors (Lipinski definition) is 9. The molecule has 210 valence electrons. The largest absolute Gasteiger partial charge is 0.493 e.